The molecule has 3 nitrogen and oxygen atoms in total. The molecular weight excluding hydrogens is 202 g/mol. The molecule has 0 saturated heterocycles. The van der Waals surface area contributed by atoms with Crippen LogP contribution in [0.25, 0.3) is 11.3 Å². The lowest BCUT2D eigenvalue weighted by atomic mass is 10.1. The molecule has 0 aliphatic heterocycles. The molecule has 84 valence electrons. The second kappa shape index (κ2) is 4.94. The molecule has 0 amide bonds. The second-order valence-electron chi connectivity index (χ2n) is 3.88. The van der Waals surface area contributed by atoms with E-state index in [0.29, 0.717) is 6.42 Å². The molecule has 2 aromatic rings. The third kappa shape index (κ3) is 2.49. The minimum atomic E-state index is 0.181. The van der Waals surface area contributed by atoms with Crippen molar-refractivity contribution in [2.45, 2.75) is 19.8 Å². The highest BCUT2D eigenvalue weighted by atomic mass is 16.5. The zero-order chi connectivity index (χ0) is 11.4. The zero-order valence-corrected chi connectivity index (χ0v) is 9.31. The van der Waals surface area contributed by atoms with Gasteiger partial charge in [-0.2, -0.15) is 0 Å². The van der Waals surface area contributed by atoms with Crippen molar-refractivity contribution in [3.05, 3.63) is 41.7 Å². The van der Waals surface area contributed by atoms with Crippen molar-refractivity contribution in [2.75, 3.05) is 6.61 Å². The summed E-state index contributed by atoms with van der Waals surface area (Å²) in [6, 6.07) is 10.1. The van der Waals surface area contributed by atoms with Gasteiger partial charge in [0.25, 0.3) is 0 Å². The topological polar surface area (TPSA) is 46.3 Å². The maximum Gasteiger partial charge on any atom is 0.137 e. The normalized spacial score (nSPS) is 10.6. The van der Waals surface area contributed by atoms with Gasteiger partial charge in [0.15, 0.2) is 0 Å². The third-order valence-electron chi connectivity index (χ3n) is 2.45. The quantitative estimate of drug-likeness (QED) is 0.856. The Kier molecular flexibility index (Phi) is 3.37. The van der Waals surface area contributed by atoms with Crippen LogP contribution < -0.4 is 0 Å². The number of aryl methyl sites for hydroxylation is 2. The highest BCUT2D eigenvalue weighted by molar-refractivity contribution is 5.59. The first-order valence-electron chi connectivity index (χ1n) is 5.43. The van der Waals surface area contributed by atoms with Crippen LogP contribution >= 0.6 is 0 Å². The average Bonchev–Trinajstić information content (AvgIpc) is 2.75. The smallest absolute Gasteiger partial charge is 0.137 e. The number of hydrogen-bond donors (Lipinski definition) is 1. The third-order valence-corrected chi connectivity index (χ3v) is 2.45. The molecule has 16 heavy (non-hydrogen) atoms. The van der Waals surface area contributed by atoms with E-state index in [2.05, 4.69) is 24.2 Å². The van der Waals surface area contributed by atoms with Crippen LogP contribution in [0.4, 0.5) is 0 Å². The van der Waals surface area contributed by atoms with Crippen LogP contribution in [0.1, 0.15) is 17.7 Å². The lowest BCUT2D eigenvalue weighted by Gasteiger charge is -1.96. The van der Waals surface area contributed by atoms with Crippen molar-refractivity contribution in [3.63, 3.8) is 0 Å². The Morgan fingerprint density at radius 3 is 2.94 bits per heavy atom. The molecule has 0 bridgehead atoms. The summed E-state index contributed by atoms with van der Waals surface area (Å²) < 4.78 is 5.20. The molecular formula is C13H15NO2. The highest BCUT2D eigenvalue weighted by Crippen LogP contribution is 2.20. The van der Waals surface area contributed by atoms with E-state index in [1.807, 2.05) is 18.2 Å². The van der Waals surface area contributed by atoms with E-state index in [9.17, 15) is 0 Å². The van der Waals surface area contributed by atoms with E-state index < -0.39 is 0 Å². The molecule has 1 aromatic heterocycles. The Balaban J connectivity index is 2.18. The van der Waals surface area contributed by atoms with Gasteiger partial charge in [-0.1, -0.05) is 28.9 Å². The maximum atomic E-state index is 8.73. The van der Waals surface area contributed by atoms with E-state index in [1.54, 1.807) is 0 Å². The SMILES string of the molecule is Cc1cccc(-c2cc(CCCO)on2)c1. The van der Waals surface area contributed by atoms with Gasteiger partial charge in [-0.3, -0.25) is 0 Å². The van der Waals surface area contributed by atoms with Crippen molar-refractivity contribution in [2.24, 2.45) is 0 Å². The van der Waals surface area contributed by atoms with Crippen molar-refractivity contribution in [3.8, 4) is 11.3 Å². The first-order chi connectivity index (χ1) is 7.79. The van der Waals surface area contributed by atoms with Gasteiger partial charge in [0, 0.05) is 24.7 Å². The Morgan fingerprint density at radius 2 is 2.19 bits per heavy atom. The summed E-state index contributed by atoms with van der Waals surface area (Å²) in [6.45, 7) is 2.23. The molecule has 0 atom stereocenters. The molecule has 1 N–H and O–H groups in total. The minimum Gasteiger partial charge on any atom is -0.396 e. The van der Waals surface area contributed by atoms with E-state index in [-0.39, 0.29) is 6.61 Å². The fourth-order valence-electron chi connectivity index (χ4n) is 1.62. The highest BCUT2D eigenvalue weighted by Gasteiger charge is 2.05. The molecule has 1 heterocycles. The Hall–Kier alpha value is -1.61. The fourth-order valence-corrected chi connectivity index (χ4v) is 1.62. The first kappa shape index (κ1) is 10.9. The Bertz CT molecular complexity index is 462. The largest absolute Gasteiger partial charge is 0.396 e. The van der Waals surface area contributed by atoms with Gasteiger partial charge in [-0.05, 0) is 19.4 Å². The predicted molar refractivity (Wildman–Crippen MR) is 62.1 cm³/mol. The van der Waals surface area contributed by atoms with Gasteiger partial charge in [0.05, 0.1) is 0 Å². The molecule has 0 saturated carbocycles. The second-order valence-corrected chi connectivity index (χ2v) is 3.88. The number of aliphatic hydroxyl groups excluding tert-OH is 1. The van der Waals surface area contributed by atoms with Crippen LogP contribution in [0, 0.1) is 6.92 Å². The van der Waals surface area contributed by atoms with Gasteiger partial charge in [-0.25, -0.2) is 0 Å². The van der Waals surface area contributed by atoms with Gasteiger partial charge < -0.3 is 9.63 Å². The average molecular weight is 217 g/mol. The number of hydrogen-bond acceptors (Lipinski definition) is 3. The molecule has 0 aliphatic carbocycles. The van der Waals surface area contributed by atoms with Crippen LogP contribution in [0.5, 0.6) is 0 Å². The summed E-state index contributed by atoms with van der Waals surface area (Å²) in [5.74, 6) is 0.825. The fraction of sp³-hybridized carbons (Fsp3) is 0.308. The van der Waals surface area contributed by atoms with Crippen molar-refractivity contribution >= 4 is 0 Å². The maximum absolute atomic E-state index is 8.73. The summed E-state index contributed by atoms with van der Waals surface area (Å²) in [4.78, 5) is 0. The van der Waals surface area contributed by atoms with Crippen LogP contribution in [0.2, 0.25) is 0 Å². The van der Waals surface area contributed by atoms with E-state index in [1.165, 1.54) is 5.56 Å². The molecule has 3 heteroatoms. The van der Waals surface area contributed by atoms with Crippen LogP contribution in [-0.2, 0) is 6.42 Å². The standard InChI is InChI=1S/C13H15NO2/c1-10-4-2-5-11(8-10)13-9-12(16-14-13)6-3-7-15/h2,4-5,8-9,15H,3,6-7H2,1H3. The van der Waals surface area contributed by atoms with Gasteiger partial charge in [0.1, 0.15) is 11.5 Å². The lowest BCUT2D eigenvalue weighted by Crippen LogP contribution is -1.86. The minimum absolute atomic E-state index is 0.181. The first-order valence-corrected chi connectivity index (χ1v) is 5.43. The lowest BCUT2D eigenvalue weighted by molar-refractivity contribution is 0.280. The van der Waals surface area contributed by atoms with Crippen molar-refractivity contribution < 1.29 is 9.63 Å². The molecule has 0 radical (unpaired) electrons. The van der Waals surface area contributed by atoms with Crippen LogP contribution in [0.3, 0.4) is 0 Å². The van der Waals surface area contributed by atoms with E-state index >= 15 is 0 Å². The number of benzene rings is 1. The van der Waals surface area contributed by atoms with Crippen molar-refractivity contribution in [1.29, 1.82) is 0 Å². The summed E-state index contributed by atoms with van der Waals surface area (Å²) >= 11 is 0. The summed E-state index contributed by atoms with van der Waals surface area (Å²) in [5, 5.41) is 12.7. The van der Waals surface area contributed by atoms with Crippen molar-refractivity contribution in [1.82, 2.24) is 5.16 Å². The zero-order valence-electron chi connectivity index (χ0n) is 9.31. The predicted octanol–water partition coefficient (Wildman–Crippen LogP) is 2.57. The molecule has 2 rings (SSSR count). The molecule has 0 fully saturated rings. The molecule has 0 spiro atoms. The number of aromatic nitrogens is 1. The Morgan fingerprint density at radius 1 is 1.31 bits per heavy atom. The van der Waals surface area contributed by atoms with Crippen LogP contribution in [0.15, 0.2) is 34.9 Å². The van der Waals surface area contributed by atoms with Gasteiger partial charge in [-0.15, -0.1) is 0 Å². The van der Waals surface area contributed by atoms with Crippen LogP contribution in [-0.4, -0.2) is 16.9 Å². The number of aliphatic hydroxyl groups is 1. The summed E-state index contributed by atoms with van der Waals surface area (Å²) in [5.41, 5.74) is 3.13. The van der Waals surface area contributed by atoms with Gasteiger partial charge >= 0.3 is 0 Å². The monoisotopic (exact) mass is 217 g/mol. The molecule has 0 aliphatic rings. The molecule has 1 aromatic carbocycles. The number of rotatable bonds is 4. The Labute approximate surface area is 94.7 Å². The van der Waals surface area contributed by atoms with E-state index in [4.69, 9.17) is 9.63 Å². The molecule has 0 unspecified atom stereocenters. The summed E-state index contributed by atoms with van der Waals surface area (Å²) in [6.07, 6.45) is 1.44. The summed E-state index contributed by atoms with van der Waals surface area (Å²) in [7, 11) is 0. The van der Waals surface area contributed by atoms with E-state index in [0.717, 1.165) is 23.4 Å². The van der Waals surface area contributed by atoms with Gasteiger partial charge in [0.2, 0.25) is 0 Å². The number of nitrogens with zero attached hydrogens (tertiary/aromatic N) is 1.